The summed E-state index contributed by atoms with van der Waals surface area (Å²) in [6.07, 6.45) is 7.87. The molecule has 0 radical (unpaired) electrons. The van der Waals surface area contributed by atoms with E-state index in [0.717, 1.165) is 18.9 Å². The SMILES string of the molecule is CN(CCC1CCCCC1)C(=O)c1ccccc1N.Cl. The molecule has 4 heteroatoms. The number of anilines is 1. The first-order valence-corrected chi connectivity index (χ1v) is 7.28. The largest absolute Gasteiger partial charge is 0.398 e. The molecule has 20 heavy (non-hydrogen) atoms. The number of nitrogen functional groups attached to an aromatic ring is 1. The first kappa shape index (κ1) is 16.8. The van der Waals surface area contributed by atoms with Gasteiger partial charge in [0.15, 0.2) is 0 Å². The van der Waals surface area contributed by atoms with Crippen LogP contribution in [0.2, 0.25) is 0 Å². The summed E-state index contributed by atoms with van der Waals surface area (Å²) in [7, 11) is 1.87. The van der Waals surface area contributed by atoms with Crippen LogP contribution in [0.3, 0.4) is 0 Å². The Balaban J connectivity index is 0.00000200. The third-order valence-electron chi connectivity index (χ3n) is 4.14. The molecule has 112 valence electrons. The van der Waals surface area contributed by atoms with Crippen LogP contribution in [0, 0.1) is 5.92 Å². The van der Waals surface area contributed by atoms with Crippen LogP contribution in [0.1, 0.15) is 48.9 Å². The zero-order chi connectivity index (χ0) is 13.7. The second kappa shape index (κ2) is 8.15. The van der Waals surface area contributed by atoms with Crippen molar-refractivity contribution in [2.75, 3.05) is 19.3 Å². The normalized spacial score (nSPS) is 15.4. The topological polar surface area (TPSA) is 46.3 Å². The Kier molecular flexibility index (Phi) is 6.86. The quantitative estimate of drug-likeness (QED) is 0.861. The van der Waals surface area contributed by atoms with E-state index in [1.807, 2.05) is 19.2 Å². The predicted octanol–water partition coefficient (Wildman–Crippen LogP) is 3.73. The molecule has 1 fully saturated rings. The van der Waals surface area contributed by atoms with Gasteiger partial charge >= 0.3 is 0 Å². The fraction of sp³-hybridized carbons (Fsp3) is 0.562. The van der Waals surface area contributed by atoms with E-state index in [1.165, 1.54) is 32.1 Å². The molecular weight excluding hydrogens is 272 g/mol. The summed E-state index contributed by atoms with van der Waals surface area (Å²) in [5.74, 6) is 0.839. The Bertz CT molecular complexity index is 430. The zero-order valence-corrected chi connectivity index (χ0v) is 13.0. The van der Waals surface area contributed by atoms with Gasteiger partial charge in [0.05, 0.1) is 5.56 Å². The average Bonchev–Trinajstić information content (AvgIpc) is 2.45. The second-order valence-corrected chi connectivity index (χ2v) is 5.61. The first-order valence-electron chi connectivity index (χ1n) is 7.28. The Morgan fingerprint density at radius 2 is 1.90 bits per heavy atom. The van der Waals surface area contributed by atoms with E-state index in [0.29, 0.717) is 11.3 Å². The highest BCUT2D eigenvalue weighted by atomic mass is 35.5. The van der Waals surface area contributed by atoms with Gasteiger partial charge in [0.2, 0.25) is 0 Å². The Morgan fingerprint density at radius 3 is 2.55 bits per heavy atom. The molecular formula is C16H25ClN2O. The molecule has 1 saturated carbocycles. The number of carbonyl (C=O) groups is 1. The molecule has 0 bridgehead atoms. The van der Waals surface area contributed by atoms with E-state index in [1.54, 1.807) is 17.0 Å². The summed E-state index contributed by atoms with van der Waals surface area (Å²) in [5, 5.41) is 0. The van der Waals surface area contributed by atoms with E-state index in [-0.39, 0.29) is 18.3 Å². The maximum atomic E-state index is 12.3. The summed E-state index contributed by atoms with van der Waals surface area (Å²) in [4.78, 5) is 14.1. The average molecular weight is 297 g/mol. The standard InChI is InChI=1S/C16H24N2O.ClH/c1-18(12-11-13-7-3-2-4-8-13)16(19)14-9-5-6-10-15(14)17;/h5-6,9-10,13H,2-4,7-8,11-12,17H2,1H3;1H. The Morgan fingerprint density at radius 1 is 1.25 bits per heavy atom. The number of para-hydroxylation sites is 1. The van der Waals surface area contributed by atoms with Crippen molar-refractivity contribution in [3.63, 3.8) is 0 Å². The predicted molar refractivity (Wildman–Crippen MR) is 86.3 cm³/mol. The lowest BCUT2D eigenvalue weighted by Crippen LogP contribution is -2.29. The lowest BCUT2D eigenvalue weighted by atomic mass is 9.87. The van der Waals surface area contributed by atoms with Crippen LogP contribution in [-0.2, 0) is 0 Å². The Labute approximate surface area is 127 Å². The van der Waals surface area contributed by atoms with Crippen LogP contribution in [0.4, 0.5) is 5.69 Å². The van der Waals surface area contributed by atoms with Gasteiger partial charge in [0.25, 0.3) is 5.91 Å². The van der Waals surface area contributed by atoms with Crippen molar-refractivity contribution in [1.82, 2.24) is 4.90 Å². The van der Waals surface area contributed by atoms with Gasteiger partial charge in [0.1, 0.15) is 0 Å². The summed E-state index contributed by atoms with van der Waals surface area (Å²) < 4.78 is 0. The van der Waals surface area contributed by atoms with Gasteiger partial charge < -0.3 is 10.6 Å². The van der Waals surface area contributed by atoms with Crippen molar-refractivity contribution >= 4 is 24.0 Å². The molecule has 0 spiro atoms. The summed E-state index contributed by atoms with van der Waals surface area (Å²) in [6, 6.07) is 7.30. The lowest BCUT2D eigenvalue weighted by Gasteiger charge is -2.25. The number of nitrogens with two attached hydrogens (primary N) is 1. The van der Waals surface area contributed by atoms with Crippen molar-refractivity contribution in [3.05, 3.63) is 29.8 Å². The zero-order valence-electron chi connectivity index (χ0n) is 12.2. The number of halogens is 1. The van der Waals surface area contributed by atoms with Crippen LogP contribution < -0.4 is 5.73 Å². The van der Waals surface area contributed by atoms with E-state index >= 15 is 0 Å². The highest BCUT2D eigenvalue weighted by molar-refractivity contribution is 5.98. The fourth-order valence-electron chi connectivity index (χ4n) is 2.85. The highest BCUT2D eigenvalue weighted by Gasteiger charge is 2.17. The molecule has 0 saturated heterocycles. The van der Waals surface area contributed by atoms with Crippen LogP contribution in [0.5, 0.6) is 0 Å². The number of hydrogen-bond acceptors (Lipinski definition) is 2. The van der Waals surface area contributed by atoms with E-state index < -0.39 is 0 Å². The van der Waals surface area contributed by atoms with Crippen LogP contribution in [0.25, 0.3) is 0 Å². The number of benzene rings is 1. The van der Waals surface area contributed by atoms with Crippen LogP contribution in [0.15, 0.2) is 24.3 Å². The van der Waals surface area contributed by atoms with Gasteiger partial charge in [-0.1, -0.05) is 44.2 Å². The van der Waals surface area contributed by atoms with E-state index in [4.69, 9.17) is 5.73 Å². The van der Waals surface area contributed by atoms with Crippen molar-refractivity contribution in [3.8, 4) is 0 Å². The van der Waals surface area contributed by atoms with Crippen molar-refractivity contribution in [1.29, 1.82) is 0 Å². The van der Waals surface area contributed by atoms with Crippen molar-refractivity contribution in [2.45, 2.75) is 38.5 Å². The maximum absolute atomic E-state index is 12.3. The molecule has 1 aromatic carbocycles. The van der Waals surface area contributed by atoms with Gasteiger partial charge in [-0.15, -0.1) is 12.4 Å². The highest BCUT2D eigenvalue weighted by Crippen LogP contribution is 2.26. The third kappa shape index (κ3) is 4.41. The minimum Gasteiger partial charge on any atom is -0.398 e. The second-order valence-electron chi connectivity index (χ2n) is 5.61. The molecule has 3 nitrogen and oxygen atoms in total. The summed E-state index contributed by atoms with van der Waals surface area (Å²) in [5.41, 5.74) is 7.04. The van der Waals surface area contributed by atoms with Crippen LogP contribution in [-0.4, -0.2) is 24.4 Å². The number of rotatable bonds is 4. The van der Waals surface area contributed by atoms with Gasteiger partial charge in [0, 0.05) is 19.3 Å². The minimum atomic E-state index is 0. The van der Waals surface area contributed by atoms with E-state index in [2.05, 4.69) is 0 Å². The van der Waals surface area contributed by atoms with E-state index in [9.17, 15) is 4.79 Å². The summed E-state index contributed by atoms with van der Waals surface area (Å²) in [6.45, 7) is 0.831. The molecule has 2 rings (SSSR count). The molecule has 1 aliphatic rings. The van der Waals surface area contributed by atoms with Gasteiger partial charge in [-0.2, -0.15) is 0 Å². The molecule has 2 N–H and O–H groups in total. The van der Waals surface area contributed by atoms with Crippen LogP contribution >= 0.6 is 12.4 Å². The molecule has 1 aliphatic carbocycles. The van der Waals surface area contributed by atoms with Gasteiger partial charge in [-0.3, -0.25) is 4.79 Å². The molecule has 1 amide bonds. The van der Waals surface area contributed by atoms with Crippen molar-refractivity contribution < 1.29 is 4.79 Å². The summed E-state index contributed by atoms with van der Waals surface area (Å²) >= 11 is 0. The molecule has 0 aliphatic heterocycles. The Hall–Kier alpha value is -1.22. The fourth-order valence-corrected chi connectivity index (χ4v) is 2.85. The maximum Gasteiger partial charge on any atom is 0.255 e. The molecule has 0 unspecified atom stereocenters. The molecule has 0 aromatic heterocycles. The number of carbonyl (C=O) groups excluding carboxylic acids is 1. The van der Waals surface area contributed by atoms with Gasteiger partial charge in [-0.05, 0) is 24.5 Å². The molecule has 1 aromatic rings. The number of amides is 1. The van der Waals surface area contributed by atoms with Gasteiger partial charge in [-0.25, -0.2) is 0 Å². The lowest BCUT2D eigenvalue weighted by molar-refractivity contribution is 0.0785. The number of nitrogens with zero attached hydrogens (tertiary/aromatic N) is 1. The smallest absolute Gasteiger partial charge is 0.255 e. The minimum absolute atomic E-state index is 0. The first-order chi connectivity index (χ1) is 9.18. The third-order valence-corrected chi connectivity index (χ3v) is 4.14. The molecule has 0 atom stereocenters. The van der Waals surface area contributed by atoms with Crippen molar-refractivity contribution in [2.24, 2.45) is 5.92 Å². The molecule has 0 heterocycles. The monoisotopic (exact) mass is 296 g/mol. The number of hydrogen-bond donors (Lipinski definition) is 1.